The number of amides is 1. The van der Waals surface area contributed by atoms with Crippen molar-refractivity contribution in [3.8, 4) is 0 Å². The Labute approximate surface area is 179 Å². The zero-order chi connectivity index (χ0) is 21.2. The smallest absolute Gasteiger partial charge is 0.289 e. The van der Waals surface area contributed by atoms with Gasteiger partial charge in [0.05, 0.1) is 11.6 Å². The number of carbonyl (C=O) groups is 1. The first-order valence-corrected chi connectivity index (χ1v) is 10.4. The van der Waals surface area contributed by atoms with Crippen LogP contribution in [0, 0.1) is 5.82 Å². The number of fused-ring (bicyclic) bond motifs is 2. The first-order valence-electron chi connectivity index (χ1n) is 10.4. The number of aromatic nitrogens is 2. The van der Waals surface area contributed by atoms with Crippen LogP contribution >= 0.6 is 0 Å². The monoisotopic (exact) mass is 412 g/mol. The summed E-state index contributed by atoms with van der Waals surface area (Å²) in [6.45, 7) is 0. The minimum absolute atomic E-state index is 0.0546. The maximum atomic E-state index is 13.3. The highest BCUT2D eigenvalue weighted by Gasteiger charge is 2.23. The maximum absolute atomic E-state index is 13.3. The molecule has 3 aromatic carbocycles. The first-order chi connectivity index (χ1) is 15.2. The zero-order valence-electron chi connectivity index (χ0n) is 16.8. The molecule has 31 heavy (non-hydrogen) atoms. The lowest BCUT2D eigenvalue weighted by molar-refractivity contribution is 0.0922. The van der Waals surface area contributed by atoms with Gasteiger partial charge in [-0.3, -0.25) is 4.79 Å². The van der Waals surface area contributed by atoms with E-state index in [1.807, 2.05) is 36.4 Å². The lowest BCUT2D eigenvalue weighted by Crippen LogP contribution is -2.32. The minimum Gasteiger partial charge on any atom is -0.343 e. The van der Waals surface area contributed by atoms with Crippen molar-refractivity contribution in [2.24, 2.45) is 0 Å². The zero-order valence-corrected chi connectivity index (χ0v) is 16.8. The maximum Gasteiger partial charge on any atom is 0.289 e. The van der Waals surface area contributed by atoms with E-state index in [4.69, 9.17) is 0 Å². The predicted octanol–water partition coefficient (Wildman–Crippen LogP) is 5.32. The molecule has 0 aliphatic heterocycles. The molecular formula is C25H21FN4O. The standard InChI is InChI=1S/C25H21FN4O/c26-17-12-14-18(15-13-17)27-23-20-9-3-4-10-22(20)28-24(30-23)25(31)29-21-11-5-7-16-6-1-2-8-19(16)21/h1-4,6,8-10,12-15,21H,5,7,11H2,(H,29,31)(H,27,28,30)/t21-/m1/s1. The number of benzene rings is 3. The normalized spacial score (nSPS) is 15.3. The first kappa shape index (κ1) is 19.2. The third kappa shape index (κ3) is 3.97. The van der Waals surface area contributed by atoms with Crippen molar-refractivity contribution < 1.29 is 9.18 Å². The summed E-state index contributed by atoms with van der Waals surface area (Å²) in [7, 11) is 0. The van der Waals surface area contributed by atoms with Gasteiger partial charge in [0.25, 0.3) is 5.91 Å². The second-order valence-corrected chi connectivity index (χ2v) is 7.66. The molecule has 6 heteroatoms. The number of hydrogen-bond donors (Lipinski definition) is 2. The minimum atomic E-state index is -0.314. The molecular weight excluding hydrogens is 391 g/mol. The summed E-state index contributed by atoms with van der Waals surface area (Å²) in [4.78, 5) is 22.1. The molecule has 0 bridgehead atoms. The highest BCUT2D eigenvalue weighted by molar-refractivity contribution is 5.97. The SMILES string of the molecule is O=C(N[C@@H]1CCCc2ccccc21)c1nc(Nc2ccc(F)cc2)c2ccccc2n1. The number of para-hydroxylation sites is 1. The van der Waals surface area contributed by atoms with Gasteiger partial charge in [-0.05, 0) is 66.8 Å². The van der Waals surface area contributed by atoms with Crippen molar-refractivity contribution in [1.29, 1.82) is 0 Å². The van der Waals surface area contributed by atoms with Crippen molar-refractivity contribution in [2.45, 2.75) is 25.3 Å². The second-order valence-electron chi connectivity index (χ2n) is 7.66. The van der Waals surface area contributed by atoms with Gasteiger partial charge in [0.1, 0.15) is 11.6 Å². The fourth-order valence-corrected chi connectivity index (χ4v) is 4.07. The number of anilines is 2. The van der Waals surface area contributed by atoms with E-state index in [9.17, 15) is 9.18 Å². The van der Waals surface area contributed by atoms with E-state index in [0.717, 1.165) is 30.2 Å². The Kier molecular flexibility index (Phi) is 5.04. The fourth-order valence-electron chi connectivity index (χ4n) is 4.07. The third-order valence-electron chi connectivity index (χ3n) is 5.59. The van der Waals surface area contributed by atoms with Gasteiger partial charge in [-0.15, -0.1) is 0 Å². The number of halogens is 1. The molecule has 5 rings (SSSR count). The number of nitrogens with zero attached hydrogens (tertiary/aromatic N) is 2. The average molecular weight is 412 g/mol. The number of hydrogen-bond acceptors (Lipinski definition) is 4. The second kappa shape index (κ2) is 8.14. The van der Waals surface area contributed by atoms with Crippen molar-refractivity contribution in [3.05, 3.63) is 95.6 Å². The molecule has 0 radical (unpaired) electrons. The molecule has 1 amide bonds. The Balaban J connectivity index is 1.47. The molecule has 1 atom stereocenters. The van der Waals surface area contributed by atoms with Crippen LogP contribution in [-0.4, -0.2) is 15.9 Å². The number of nitrogens with one attached hydrogen (secondary N) is 2. The average Bonchev–Trinajstić information content (AvgIpc) is 2.80. The molecule has 4 aromatic rings. The van der Waals surface area contributed by atoms with E-state index in [2.05, 4.69) is 32.7 Å². The lowest BCUT2D eigenvalue weighted by atomic mass is 9.88. The van der Waals surface area contributed by atoms with Crippen LogP contribution in [0.2, 0.25) is 0 Å². The topological polar surface area (TPSA) is 66.9 Å². The quantitative estimate of drug-likeness (QED) is 0.476. The molecule has 1 aliphatic rings. The fraction of sp³-hybridized carbons (Fsp3) is 0.160. The summed E-state index contributed by atoms with van der Waals surface area (Å²) in [6, 6.07) is 21.7. The Bertz CT molecular complexity index is 1260. The number of aryl methyl sites for hydroxylation is 1. The van der Waals surface area contributed by atoms with E-state index < -0.39 is 0 Å². The van der Waals surface area contributed by atoms with Crippen LogP contribution in [0.25, 0.3) is 10.9 Å². The highest BCUT2D eigenvalue weighted by Crippen LogP contribution is 2.30. The molecule has 154 valence electrons. The van der Waals surface area contributed by atoms with E-state index in [1.54, 1.807) is 12.1 Å². The van der Waals surface area contributed by atoms with Crippen molar-refractivity contribution in [2.75, 3.05) is 5.32 Å². The van der Waals surface area contributed by atoms with Crippen molar-refractivity contribution >= 4 is 28.3 Å². The van der Waals surface area contributed by atoms with Gasteiger partial charge in [0, 0.05) is 11.1 Å². The Morgan fingerprint density at radius 2 is 1.71 bits per heavy atom. The van der Waals surface area contributed by atoms with Crippen LogP contribution in [-0.2, 0) is 6.42 Å². The molecule has 0 fully saturated rings. The van der Waals surface area contributed by atoms with Crippen LogP contribution in [0.4, 0.5) is 15.9 Å². The Morgan fingerprint density at radius 1 is 0.935 bits per heavy atom. The molecule has 2 N–H and O–H groups in total. The van der Waals surface area contributed by atoms with Gasteiger partial charge in [-0.1, -0.05) is 36.4 Å². The van der Waals surface area contributed by atoms with Gasteiger partial charge >= 0.3 is 0 Å². The van der Waals surface area contributed by atoms with Gasteiger partial charge in [-0.2, -0.15) is 0 Å². The van der Waals surface area contributed by atoms with Gasteiger partial charge < -0.3 is 10.6 Å². The van der Waals surface area contributed by atoms with E-state index in [1.165, 1.54) is 17.7 Å². The van der Waals surface area contributed by atoms with Gasteiger partial charge in [0.2, 0.25) is 5.82 Å². The largest absolute Gasteiger partial charge is 0.343 e. The van der Waals surface area contributed by atoms with Crippen LogP contribution in [0.3, 0.4) is 0 Å². The molecule has 1 heterocycles. The molecule has 5 nitrogen and oxygen atoms in total. The summed E-state index contributed by atoms with van der Waals surface area (Å²) in [6.07, 6.45) is 2.94. The summed E-state index contributed by atoms with van der Waals surface area (Å²) in [5, 5.41) is 7.09. The number of carbonyl (C=O) groups excluding carboxylic acids is 1. The summed E-state index contributed by atoms with van der Waals surface area (Å²) in [5.41, 5.74) is 3.78. The molecule has 0 saturated heterocycles. The number of rotatable bonds is 4. The molecule has 0 spiro atoms. The van der Waals surface area contributed by atoms with Crippen LogP contribution < -0.4 is 10.6 Å². The van der Waals surface area contributed by atoms with Crippen molar-refractivity contribution in [1.82, 2.24) is 15.3 Å². The Morgan fingerprint density at radius 3 is 2.58 bits per heavy atom. The molecule has 0 unspecified atom stereocenters. The van der Waals surface area contributed by atoms with Crippen molar-refractivity contribution in [3.63, 3.8) is 0 Å². The highest BCUT2D eigenvalue weighted by atomic mass is 19.1. The Hall–Kier alpha value is -3.80. The van der Waals surface area contributed by atoms with Gasteiger partial charge in [-0.25, -0.2) is 14.4 Å². The lowest BCUT2D eigenvalue weighted by Gasteiger charge is -2.26. The molecule has 0 saturated carbocycles. The summed E-state index contributed by atoms with van der Waals surface area (Å²) in [5.74, 6) is -0.0155. The van der Waals surface area contributed by atoms with E-state index >= 15 is 0 Å². The van der Waals surface area contributed by atoms with Crippen LogP contribution in [0.5, 0.6) is 0 Å². The van der Waals surface area contributed by atoms with Gasteiger partial charge in [0.15, 0.2) is 0 Å². The summed E-state index contributed by atoms with van der Waals surface area (Å²) >= 11 is 0. The predicted molar refractivity (Wildman–Crippen MR) is 119 cm³/mol. The van der Waals surface area contributed by atoms with E-state index in [-0.39, 0.29) is 23.6 Å². The van der Waals surface area contributed by atoms with Crippen LogP contribution in [0.1, 0.15) is 40.6 Å². The molecule has 1 aliphatic carbocycles. The van der Waals surface area contributed by atoms with E-state index in [0.29, 0.717) is 17.0 Å². The van der Waals surface area contributed by atoms with Crippen LogP contribution in [0.15, 0.2) is 72.8 Å². The molecule has 1 aromatic heterocycles. The summed E-state index contributed by atoms with van der Waals surface area (Å²) < 4.78 is 13.3. The third-order valence-corrected chi connectivity index (χ3v) is 5.59.